The van der Waals surface area contributed by atoms with Gasteiger partial charge < -0.3 is 10.1 Å². The van der Waals surface area contributed by atoms with E-state index in [4.69, 9.17) is 4.74 Å². The molecule has 0 radical (unpaired) electrons. The molecule has 0 bridgehead atoms. The molecule has 0 saturated heterocycles. The topological polar surface area (TPSA) is 21.3 Å². The molecule has 2 heteroatoms. The van der Waals surface area contributed by atoms with Gasteiger partial charge in [0.2, 0.25) is 0 Å². The second kappa shape index (κ2) is 8.15. The lowest BCUT2D eigenvalue weighted by molar-refractivity contribution is 0.314. The first kappa shape index (κ1) is 15.0. The van der Waals surface area contributed by atoms with Crippen LogP contribution in [0.4, 0.5) is 0 Å². The molecule has 0 aliphatic rings. The normalized spacial score (nSPS) is 14.2. The Balaban J connectivity index is 2.96. The van der Waals surface area contributed by atoms with Gasteiger partial charge in [0.25, 0.3) is 0 Å². The van der Waals surface area contributed by atoms with E-state index in [0.717, 1.165) is 18.9 Å². The Hall–Kier alpha value is -1.02. The Kier molecular flexibility index (Phi) is 6.81. The predicted octanol–water partition coefficient (Wildman–Crippen LogP) is 4.17. The Labute approximate surface area is 112 Å². The molecule has 0 spiro atoms. The summed E-state index contributed by atoms with van der Waals surface area (Å²) in [6.45, 7) is 10.5. The first-order valence-electron chi connectivity index (χ1n) is 7.19. The fourth-order valence-electron chi connectivity index (χ4n) is 2.48. The molecular formula is C16H27NO. The average Bonchev–Trinajstić information content (AvgIpc) is 2.37. The largest absolute Gasteiger partial charge is 0.494 e. The van der Waals surface area contributed by atoms with Crippen LogP contribution in [0.2, 0.25) is 0 Å². The van der Waals surface area contributed by atoms with Gasteiger partial charge in [0, 0.05) is 11.6 Å². The third-order valence-corrected chi connectivity index (χ3v) is 3.29. The summed E-state index contributed by atoms with van der Waals surface area (Å²) in [7, 11) is 0. The van der Waals surface area contributed by atoms with Crippen LogP contribution in [0.15, 0.2) is 24.3 Å². The lowest BCUT2D eigenvalue weighted by Gasteiger charge is -2.26. The van der Waals surface area contributed by atoms with Gasteiger partial charge in [-0.05, 0) is 31.9 Å². The molecular weight excluding hydrogens is 222 g/mol. The molecule has 18 heavy (non-hydrogen) atoms. The molecule has 0 saturated carbocycles. The van der Waals surface area contributed by atoms with Crippen LogP contribution in [-0.4, -0.2) is 13.2 Å². The average molecular weight is 249 g/mol. The molecule has 0 aliphatic carbocycles. The highest BCUT2D eigenvalue weighted by Gasteiger charge is 2.20. The molecule has 0 fully saturated rings. The SMILES string of the molecule is CCCC(C)C(NCC)c1ccccc1OCC. The summed E-state index contributed by atoms with van der Waals surface area (Å²) >= 11 is 0. The van der Waals surface area contributed by atoms with Gasteiger partial charge in [-0.1, -0.05) is 45.4 Å². The van der Waals surface area contributed by atoms with Crippen molar-refractivity contribution >= 4 is 0 Å². The lowest BCUT2D eigenvalue weighted by Crippen LogP contribution is -2.27. The maximum atomic E-state index is 5.75. The van der Waals surface area contributed by atoms with Gasteiger partial charge in [0.05, 0.1) is 6.61 Å². The lowest BCUT2D eigenvalue weighted by atomic mass is 9.90. The molecule has 1 aromatic rings. The van der Waals surface area contributed by atoms with Gasteiger partial charge in [-0.2, -0.15) is 0 Å². The monoisotopic (exact) mass is 249 g/mol. The maximum Gasteiger partial charge on any atom is 0.124 e. The highest BCUT2D eigenvalue weighted by Crippen LogP contribution is 2.32. The zero-order valence-electron chi connectivity index (χ0n) is 12.2. The van der Waals surface area contributed by atoms with E-state index in [0.29, 0.717) is 12.0 Å². The van der Waals surface area contributed by atoms with Gasteiger partial charge in [0.1, 0.15) is 5.75 Å². The highest BCUT2D eigenvalue weighted by atomic mass is 16.5. The zero-order valence-corrected chi connectivity index (χ0v) is 12.2. The minimum atomic E-state index is 0.387. The number of ether oxygens (including phenoxy) is 1. The van der Waals surface area contributed by atoms with Crippen molar-refractivity contribution in [1.82, 2.24) is 5.32 Å². The maximum absolute atomic E-state index is 5.75. The summed E-state index contributed by atoms with van der Waals surface area (Å²) in [5.74, 6) is 1.64. The van der Waals surface area contributed by atoms with Crippen molar-refractivity contribution in [3.8, 4) is 5.75 Å². The Morgan fingerprint density at radius 1 is 1.17 bits per heavy atom. The molecule has 1 aromatic carbocycles. The van der Waals surface area contributed by atoms with Crippen LogP contribution in [0, 0.1) is 5.92 Å². The van der Waals surface area contributed by atoms with Crippen LogP contribution in [-0.2, 0) is 0 Å². The standard InChI is InChI=1S/C16H27NO/c1-5-10-13(4)16(17-6-2)14-11-8-9-12-15(14)18-7-3/h8-9,11-13,16-17H,5-7,10H2,1-4H3. The van der Waals surface area contributed by atoms with E-state index in [2.05, 4.69) is 44.3 Å². The molecule has 2 unspecified atom stereocenters. The number of para-hydroxylation sites is 1. The summed E-state index contributed by atoms with van der Waals surface area (Å²) in [6.07, 6.45) is 2.46. The van der Waals surface area contributed by atoms with Crippen molar-refractivity contribution in [1.29, 1.82) is 0 Å². The smallest absolute Gasteiger partial charge is 0.124 e. The molecule has 0 heterocycles. The third-order valence-electron chi connectivity index (χ3n) is 3.29. The van der Waals surface area contributed by atoms with E-state index in [-0.39, 0.29) is 0 Å². The van der Waals surface area contributed by atoms with Crippen molar-refractivity contribution in [2.45, 2.75) is 46.6 Å². The van der Waals surface area contributed by atoms with Crippen LogP contribution in [0.5, 0.6) is 5.75 Å². The van der Waals surface area contributed by atoms with Crippen LogP contribution in [0.25, 0.3) is 0 Å². The Morgan fingerprint density at radius 2 is 1.89 bits per heavy atom. The van der Waals surface area contributed by atoms with Crippen LogP contribution < -0.4 is 10.1 Å². The number of nitrogens with one attached hydrogen (secondary N) is 1. The van der Waals surface area contributed by atoms with E-state index in [9.17, 15) is 0 Å². The first-order valence-corrected chi connectivity index (χ1v) is 7.19. The van der Waals surface area contributed by atoms with Gasteiger partial charge in [0.15, 0.2) is 0 Å². The Bertz CT molecular complexity index is 338. The number of hydrogen-bond acceptors (Lipinski definition) is 2. The zero-order chi connectivity index (χ0) is 13.4. The summed E-state index contributed by atoms with van der Waals surface area (Å²) in [4.78, 5) is 0. The van der Waals surface area contributed by atoms with E-state index >= 15 is 0 Å². The molecule has 0 amide bonds. The van der Waals surface area contributed by atoms with Gasteiger partial charge in [-0.25, -0.2) is 0 Å². The molecule has 0 aliphatic heterocycles. The summed E-state index contributed by atoms with van der Waals surface area (Å²) in [5, 5.41) is 3.60. The first-order chi connectivity index (χ1) is 8.74. The second-order valence-electron chi connectivity index (χ2n) is 4.77. The summed E-state index contributed by atoms with van der Waals surface area (Å²) < 4.78 is 5.75. The molecule has 2 atom stereocenters. The molecule has 102 valence electrons. The fraction of sp³-hybridized carbons (Fsp3) is 0.625. The third kappa shape index (κ3) is 4.02. The van der Waals surface area contributed by atoms with E-state index in [1.807, 2.05) is 13.0 Å². The van der Waals surface area contributed by atoms with Crippen molar-refractivity contribution < 1.29 is 4.74 Å². The number of rotatable bonds is 8. The molecule has 1 N–H and O–H groups in total. The summed E-state index contributed by atoms with van der Waals surface area (Å²) in [5.41, 5.74) is 1.29. The van der Waals surface area contributed by atoms with Gasteiger partial charge in [-0.3, -0.25) is 0 Å². The van der Waals surface area contributed by atoms with Crippen molar-refractivity contribution in [3.05, 3.63) is 29.8 Å². The van der Waals surface area contributed by atoms with Gasteiger partial charge >= 0.3 is 0 Å². The minimum Gasteiger partial charge on any atom is -0.494 e. The number of benzene rings is 1. The molecule has 1 rings (SSSR count). The van der Waals surface area contributed by atoms with Crippen molar-refractivity contribution in [3.63, 3.8) is 0 Å². The van der Waals surface area contributed by atoms with Gasteiger partial charge in [-0.15, -0.1) is 0 Å². The van der Waals surface area contributed by atoms with Crippen LogP contribution in [0.3, 0.4) is 0 Å². The predicted molar refractivity (Wildman–Crippen MR) is 78.1 cm³/mol. The second-order valence-corrected chi connectivity index (χ2v) is 4.77. The summed E-state index contributed by atoms with van der Waals surface area (Å²) in [6, 6.07) is 8.78. The van der Waals surface area contributed by atoms with E-state index < -0.39 is 0 Å². The van der Waals surface area contributed by atoms with E-state index in [1.54, 1.807) is 0 Å². The molecule has 0 aromatic heterocycles. The van der Waals surface area contributed by atoms with Crippen LogP contribution in [0.1, 0.15) is 52.1 Å². The molecule has 2 nitrogen and oxygen atoms in total. The van der Waals surface area contributed by atoms with Crippen molar-refractivity contribution in [2.24, 2.45) is 5.92 Å². The fourth-order valence-corrected chi connectivity index (χ4v) is 2.48. The number of hydrogen-bond donors (Lipinski definition) is 1. The quantitative estimate of drug-likeness (QED) is 0.746. The van der Waals surface area contributed by atoms with Crippen molar-refractivity contribution in [2.75, 3.05) is 13.2 Å². The Morgan fingerprint density at radius 3 is 2.50 bits per heavy atom. The highest BCUT2D eigenvalue weighted by molar-refractivity contribution is 5.36. The van der Waals surface area contributed by atoms with E-state index in [1.165, 1.54) is 18.4 Å². The minimum absolute atomic E-state index is 0.387. The van der Waals surface area contributed by atoms with Crippen LogP contribution >= 0.6 is 0 Å².